The lowest BCUT2D eigenvalue weighted by Gasteiger charge is -2.07. The summed E-state index contributed by atoms with van der Waals surface area (Å²) in [5, 5.41) is 0.523. The molecule has 106 valence electrons. The van der Waals surface area contributed by atoms with Gasteiger partial charge in [-0.25, -0.2) is 4.79 Å². The van der Waals surface area contributed by atoms with Gasteiger partial charge in [0, 0.05) is 0 Å². The zero-order chi connectivity index (χ0) is 14.3. The van der Waals surface area contributed by atoms with Crippen molar-refractivity contribution in [3.8, 4) is 0 Å². The molecule has 0 aliphatic heterocycles. The third-order valence-corrected chi connectivity index (χ3v) is 3.59. The summed E-state index contributed by atoms with van der Waals surface area (Å²) >= 11 is 11.7. The minimum absolute atomic E-state index is 0.261. The molecule has 0 amide bonds. The van der Waals surface area contributed by atoms with Crippen molar-refractivity contribution in [1.29, 1.82) is 0 Å². The summed E-state index contributed by atoms with van der Waals surface area (Å²) in [5.41, 5.74) is 6.26. The second-order valence-corrected chi connectivity index (χ2v) is 5.20. The van der Waals surface area contributed by atoms with Crippen molar-refractivity contribution in [2.75, 3.05) is 12.3 Å². The molecule has 0 heterocycles. The zero-order valence-electron chi connectivity index (χ0n) is 11.0. The third-order valence-electron chi connectivity index (χ3n) is 2.77. The highest BCUT2D eigenvalue weighted by Gasteiger charge is 2.12. The summed E-state index contributed by atoms with van der Waals surface area (Å²) in [7, 11) is 0. The van der Waals surface area contributed by atoms with Gasteiger partial charge in [-0.1, -0.05) is 55.8 Å². The SMILES string of the molecule is CCCCCCCOC(=O)c1cc(N)c(Cl)c(Cl)c1. The number of ether oxygens (including phenoxy) is 1. The van der Waals surface area contributed by atoms with E-state index >= 15 is 0 Å². The summed E-state index contributed by atoms with van der Waals surface area (Å²) in [6.45, 7) is 2.58. The fraction of sp³-hybridized carbons (Fsp3) is 0.500. The van der Waals surface area contributed by atoms with Gasteiger partial charge in [-0.15, -0.1) is 0 Å². The van der Waals surface area contributed by atoms with Gasteiger partial charge < -0.3 is 10.5 Å². The van der Waals surface area contributed by atoms with Crippen LogP contribution in [0, 0.1) is 0 Å². The van der Waals surface area contributed by atoms with E-state index in [1.54, 1.807) is 0 Å². The Bertz CT molecular complexity index is 412. The number of halogens is 2. The number of hydrogen-bond donors (Lipinski definition) is 1. The predicted molar refractivity (Wildman–Crippen MR) is 79.9 cm³/mol. The molecule has 0 unspecified atom stereocenters. The van der Waals surface area contributed by atoms with Gasteiger partial charge in [0.1, 0.15) is 0 Å². The molecule has 0 spiro atoms. The van der Waals surface area contributed by atoms with Crippen molar-refractivity contribution in [2.24, 2.45) is 0 Å². The van der Waals surface area contributed by atoms with E-state index in [4.69, 9.17) is 33.7 Å². The summed E-state index contributed by atoms with van der Waals surface area (Å²) < 4.78 is 5.16. The molecule has 19 heavy (non-hydrogen) atoms. The van der Waals surface area contributed by atoms with Gasteiger partial charge in [-0.2, -0.15) is 0 Å². The molecule has 0 saturated carbocycles. The van der Waals surface area contributed by atoms with E-state index in [0.29, 0.717) is 12.2 Å². The number of rotatable bonds is 7. The molecule has 0 bridgehead atoms. The first kappa shape index (κ1) is 16.1. The number of benzene rings is 1. The highest BCUT2D eigenvalue weighted by atomic mass is 35.5. The van der Waals surface area contributed by atoms with Crippen molar-refractivity contribution < 1.29 is 9.53 Å². The quantitative estimate of drug-likeness (QED) is 0.451. The minimum atomic E-state index is -0.416. The molecule has 0 fully saturated rings. The van der Waals surface area contributed by atoms with E-state index < -0.39 is 5.97 Å². The van der Waals surface area contributed by atoms with Crippen LogP contribution in [0.5, 0.6) is 0 Å². The summed E-state index contributed by atoms with van der Waals surface area (Å²) in [6.07, 6.45) is 5.54. The lowest BCUT2D eigenvalue weighted by molar-refractivity contribution is 0.0498. The van der Waals surface area contributed by atoms with E-state index in [1.807, 2.05) is 0 Å². The van der Waals surface area contributed by atoms with Gasteiger partial charge in [0.2, 0.25) is 0 Å². The van der Waals surface area contributed by atoms with Gasteiger partial charge in [0.05, 0.1) is 27.9 Å². The number of carbonyl (C=O) groups excluding carboxylic acids is 1. The molecule has 0 aliphatic carbocycles. The van der Waals surface area contributed by atoms with Gasteiger partial charge >= 0.3 is 5.97 Å². The number of unbranched alkanes of at least 4 members (excludes halogenated alkanes) is 4. The summed E-state index contributed by atoms with van der Waals surface area (Å²) in [6, 6.07) is 2.95. The van der Waals surface area contributed by atoms with E-state index in [2.05, 4.69) is 6.92 Å². The largest absolute Gasteiger partial charge is 0.462 e. The molecular formula is C14H19Cl2NO2. The molecule has 5 heteroatoms. The van der Waals surface area contributed by atoms with Gasteiger partial charge in [-0.3, -0.25) is 0 Å². The molecule has 0 radical (unpaired) electrons. The summed E-state index contributed by atoms with van der Waals surface area (Å²) in [4.78, 5) is 11.8. The van der Waals surface area contributed by atoms with Crippen LogP contribution >= 0.6 is 23.2 Å². The van der Waals surface area contributed by atoms with E-state index in [9.17, 15) is 4.79 Å². The van der Waals surface area contributed by atoms with Crippen molar-refractivity contribution in [1.82, 2.24) is 0 Å². The standard InChI is InChI=1S/C14H19Cl2NO2/c1-2-3-4-5-6-7-19-14(18)10-8-11(15)13(16)12(17)9-10/h8-9H,2-7,17H2,1H3. The molecule has 3 nitrogen and oxygen atoms in total. The highest BCUT2D eigenvalue weighted by molar-refractivity contribution is 6.43. The Balaban J connectivity index is 2.42. The first-order valence-corrected chi connectivity index (χ1v) is 7.23. The van der Waals surface area contributed by atoms with Crippen LogP contribution in [0.15, 0.2) is 12.1 Å². The molecule has 2 N–H and O–H groups in total. The maximum absolute atomic E-state index is 11.8. The Labute approximate surface area is 124 Å². The van der Waals surface area contributed by atoms with Crippen LogP contribution in [-0.4, -0.2) is 12.6 Å². The number of carbonyl (C=O) groups is 1. The van der Waals surface area contributed by atoms with Crippen LogP contribution in [-0.2, 0) is 4.74 Å². The first-order chi connectivity index (χ1) is 9.06. The van der Waals surface area contributed by atoms with Crippen molar-refractivity contribution in [3.05, 3.63) is 27.7 Å². The fourth-order valence-electron chi connectivity index (χ4n) is 1.68. The normalized spacial score (nSPS) is 10.5. The Morgan fingerprint density at radius 2 is 1.89 bits per heavy atom. The van der Waals surface area contributed by atoms with E-state index in [1.165, 1.54) is 31.4 Å². The van der Waals surface area contributed by atoms with Crippen LogP contribution in [0.4, 0.5) is 5.69 Å². The van der Waals surface area contributed by atoms with Crippen molar-refractivity contribution in [3.63, 3.8) is 0 Å². The second-order valence-electron chi connectivity index (χ2n) is 4.41. The van der Waals surface area contributed by atoms with Gasteiger partial charge in [0.25, 0.3) is 0 Å². The third kappa shape index (κ3) is 5.29. The Hall–Kier alpha value is -0.930. The number of esters is 1. The summed E-state index contributed by atoms with van der Waals surface area (Å²) in [5.74, 6) is -0.416. The van der Waals surface area contributed by atoms with Crippen LogP contribution in [0.1, 0.15) is 49.4 Å². The van der Waals surface area contributed by atoms with E-state index in [-0.39, 0.29) is 15.7 Å². The number of nitrogens with two attached hydrogens (primary N) is 1. The van der Waals surface area contributed by atoms with Crippen molar-refractivity contribution in [2.45, 2.75) is 39.0 Å². The average molecular weight is 304 g/mol. The van der Waals surface area contributed by atoms with Crippen LogP contribution in [0.2, 0.25) is 10.0 Å². The van der Waals surface area contributed by atoms with Crippen molar-refractivity contribution >= 4 is 34.9 Å². The smallest absolute Gasteiger partial charge is 0.338 e. The topological polar surface area (TPSA) is 52.3 Å². The second kappa shape index (κ2) is 8.28. The Morgan fingerprint density at radius 1 is 1.21 bits per heavy atom. The molecule has 1 aromatic rings. The van der Waals surface area contributed by atoms with Gasteiger partial charge in [0.15, 0.2) is 0 Å². The maximum Gasteiger partial charge on any atom is 0.338 e. The number of nitrogen functional groups attached to an aromatic ring is 1. The maximum atomic E-state index is 11.8. The van der Waals surface area contributed by atoms with Crippen LogP contribution in [0.25, 0.3) is 0 Å². The lowest BCUT2D eigenvalue weighted by atomic mass is 10.2. The molecule has 0 atom stereocenters. The van der Waals surface area contributed by atoms with Crippen LogP contribution in [0.3, 0.4) is 0 Å². The number of hydrogen-bond acceptors (Lipinski definition) is 3. The molecule has 0 aromatic heterocycles. The molecule has 1 rings (SSSR count). The average Bonchev–Trinajstić information content (AvgIpc) is 2.39. The fourth-order valence-corrected chi connectivity index (χ4v) is 2.02. The molecular weight excluding hydrogens is 285 g/mol. The molecule has 0 aliphatic rings. The predicted octanol–water partition coefficient (Wildman–Crippen LogP) is 4.70. The zero-order valence-corrected chi connectivity index (χ0v) is 12.6. The first-order valence-electron chi connectivity index (χ1n) is 6.48. The minimum Gasteiger partial charge on any atom is -0.462 e. The number of anilines is 1. The molecule has 1 aromatic carbocycles. The monoisotopic (exact) mass is 303 g/mol. The Morgan fingerprint density at radius 3 is 2.53 bits per heavy atom. The lowest BCUT2D eigenvalue weighted by Crippen LogP contribution is -2.07. The molecule has 0 saturated heterocycles. The highest BCUT2D eigenvalue weighted by Crippen LogP contribution is 2.29. The Kier molecular flexibility index (Phi) is 7.03. The van der Waals surface area contributed by atoms with E-state index in [0.717, 1.165) is 12.8 Å². The van der Waals surface area contributed by atoms with Gasteiger partial charge in [-0.05, 0) is 18.6 Å². The van der Waals surface area contributed by atoms with Crippen LogP contribution < -0.4 is 5.73 Å².